The highest BCUT2D eigenvalue weighted by Gasteiger charge is 2.24. The summed E-state index contributed by atoms with van der Waals surface area (Å²) in [5.41, 5.74) is 0. The van der Waals surface area contributed by atoms with Gasteiger partial charge in [0.15, 0.2) is 0 Å². The van der Waals surface area contributed by atoms with Crippen molar-refractivity contribution in [1.29, 1.82) is 0 Å². The minimum Gasteiger partial charge on any atom is -0.756 e. The number of phosphoric ester groups is 1. The zero-order chi connectivity index (χ0) is 35.1. The summed E-state index contributed by atoms with van der Waals surface area (Å²) in [6.45, 7) is 4.63. The largest absolute Gasteiger partial charge is 0.756 e. The Bertz CT molecular complexity index is 748. The summed E-state index contributed by atoms with van der Waals surface area (Å²) in [6, 6.07) is -0.789. The molecule has 0 heterocycles. The molecule has 3 unspecified atom stereocenters. The van der Waals surface area contributed by atoms with Gasteiger partial charge in [0.25, 0.3) is 7.82 Å². The van der Waals surface area contributed by atoms with Gasteiger partial charge in [0.1, 0.15) is 13.2 Å². The molecule has 0 spiro atoms. The lowest BCUT2D eigenvalue weighted by Gasteiger charge is -2.30. The first-order valence-electron chi connectivity index (χ1n) is 19.9. The molecule has 0 aromatic carbocycles. The van der Waals surface area contributed by atoms with Gasteiger partial charge < -0.3 is 28.8 Å². The molecule has 1 amide bonds. The van der Waals surface area contributed by atoms with Crippen molar-refractivity contribution in [2.75, 3.05) is 40.9 Å². The normalized spacial score (nSPS) is 14.6. The molecule has 0 aliphatic heterocycles. The minimum absolute atomic E-state index is 0.0149. The Hall–Kier alpha value is -0.500. The van der Waals surface area contributed by atoms with E-state index < -0.39 is 20.0 Å². The monoisotopic (exact) mass is 691 g/mol. The molecule has 0 saturated heterocycles. The van der Waals surface area contributed by atoms with Crippen molar-refractivity contribution in [2.45, 2.75) is 199 Å². The molecular formula is C38H79N2O6P. The number of hydrogen-bond acceptors (Lipinski definition) is 6. The molecule has 47 heavy (non-hydrogen) atoms. The van der Waals surface area contributed by atoms with E-state index in [9.17, 15) is 19.4 Å². The highest BCUT2D eigenvalue weighted by molar-refractivity contribution is 7.45. The quantitative estimate of drug-likeness (QED) is 0.0385. The predicted octanol–water partition coefficient (Wildman–Crippen LogP) is 9.61. The van der Waals surface area contributed by atoms with Gasteiger partial charge in [-0.1, -0.05) is 168 Å². The third-order valence-electron chi connectivity index (χ3n) is 9.10. The topological polar surface area (TPSA) is 108 Å². The number of phosphoric acid groups is 1. The molecule has 8 nitrogen and oxygen atoms in total. The first-order chi connectivity index (χ1) is 22.5. The van der Waals surface area contributed by atoms with E-state index in [1.165, 1.54) is 109 Å². The third-order valence-corrected chi connectivity index (χ3v) is 10.1. The average Bonchev–Trinajstić information content (AvgIpc) is 3.01. The zero-order valence-corrected chi connectivity index (χ0v) is 32.6. The van der Waals surface area contributed by atoms with E-state index in [4.69, 9.17) is 9.05 Å². The van der Waals surface area contributed by atoms with Crippen molar-refractivity contribution in [1.82, 2.24) is 5.32 Å². The highest BCUT2D eigenvalue weighted by atomic mass is 31.2. The molecule has 0 saturated carbocycles. The maximum absolute atomic E-state index is 12.6. The lowest BCUT2D eigenvalue weighted by atomic mass is 10.0. The van der Waals surface area contributed by atoms with Crippen LogP contribution >= 0.6 is 7.82 Å². The summed E-state index contributed by atoms with van der Waals surface area (Å²) in [4.78, 5) is 24.9. The first kappa shape index (κ1) is 46.5. The number of unbranched alkanes of at least 4 members (excludes halogenated alkanes) is 23. The van der Waals surface area contributed by atoms with Crippen LogP contribution in [0.4, 0.5) is 0 Å². The third kappa shape index (κ3) is 33.8. The Morgan fingerprint density at radius 2 is 1.04 bits per heavy atom. The van der Waals surface area contributed by atoms with Crippen LogP contribution < -0.4 is 10.2 Å². The van der Waals surface area contributed by atoms with Crippen LogP contribution in [-0.2, 0) is 18.4 Å². The molecule has 0 aromatic heterocycles. The number of hydrogen-bond donors (Lipinski definition) is 2. The van der Waals surface area contributed by atoms with E-state index in [2.05, 4.69) is 19.2 Å². The van der Waals surface area contributed by atoms with Crippen molar-refractivity contribution < 1.29 is 32.9 Å². The maximum atomic E-state index is 12.6. The Kier molecular flexibility index (Phi) is 31.1. The summed E-state index contributed by atoms with van der Waals surface area (Å²) in [5, 5.41) is 13.7. The van der Waals surface area contributed by atoms with E-state index in [1.807, 2.05) is 21.1 Å². The Balaban J connectivity index is 4.14. The van der Waals surface area contributed by atoms with E-state index >= 15 is 0 Å². The number of likely N-dealkylation sites (N-methyl/N-ethyl adjacent to an activating group) is 1. The van der Waals surface area contributed by atoms with Crippen LogP contribution in [0.3, 0.4) is 0 Å². The van der Waals surface area contributed by atoms with Gasteiger partial charge in [0.05, 0.1) is 39.9 Å². The van der Waals surface area contributed by atoms with Gasteiger partial charge >= 0.3 is 0 Å². The fourth-order valence-corrected chi connectivity index (χ4v) is 6.59. The van der Waals surface area contributed by atoms with Crippen molar-refractivity contribution in [3.63, 3.8) is 0 Å². The number of nitrogens with one attached hydrogen (secondary N) is 1. The van der Waals surface area contributed by atoms with Crippen LogP contribution in [0.25, 0.3) is 0 Å². The first-order valence-corrected chi connectivity index (χ1v) is 21.3. The molecule has 0 aliphatic rings. The number of amides is 1. The second-order valence-corrected chi connectivity index (χ2v) is 16.4. The van der Waals surface area contributed by atoms with Crippen molar-refractivity contribution in [3.8, 4) is 0 Å². The molecule has 282 valence electrons. The van der Waals surface area contributed by atoms with Gasteiger partial charge in [-0.2, -0.15) is 0 Å². The Morgan fingerprint density at radius 1 is 0.660 bits per heavy atom. The molecule has 0 aromatic rings. The molecule has 3 atom stereocenters. The second-order valence-electron chi connectivity index (χ2n) is 15.0. The SMILES string of the molecule is CCCCCCCCCCCCCCCCCCCCCCC(O)C(COP(=O)([O-])OCC[N+](C)(C)C)NC(=O)CCCCCCC. The Labute approximate surface area is 291 Å². The summed E-state index contributed by atoms with van der Waals surface area (Å²) in [6.07, 6.45) is 31.5. The van der Waals surface area contributed by atoms with Crippen LogP contribution in [0.5, 0.6) is 0 Å². The lowest BCUT2D eigenvalue weighted by Crippen LogP contribution is -2.46. The number of carbonyl (C=O) groups is 1. The average molecular weight is 691 g/mol. The molecule has 0 rings (SSSR count). The fourth-order valence-electron chi connectivity index (χ4n) is 5.86. The van der Waals surface area contributed by atoms with Gasteiger partial charge in [0, 0.05) is 6.42 Å². The maximum Gasteiger partial charge on any atom is 0.268 e. The molecule has 0 bridgehead atoms. The van der Waals surface area contributed by atoms with E-state index in [-0.39, 0.29) is 19.1 Å². The van der Waals surface area contributed by atoms with Gasteiger partial charge in [-0.15, -0.1) is 0 Å². The van der Waals surface area contributed by atoms with Gasteiger partial charge in [-0.3, -0.25) is 9.36 Å². The standard InChI is InChI=1S/C38H79N2O6P/c1-6-8-10-12-13-14-15-16-17-18-19-20-21-22-23-24-25-26-28-29-31-37(41)36(39-38(42)32-30-27-11-9-7-2)35-46-47(43,44)45-34-33-40(3,4)5/h36-37,41H,6-35H2,1-5H3,(H-,39,42,43,44). The van der Waals surface area contributed by atoms with E-state index in [0.717, 1.165) is 51.4 Å². The van der Waals surface area contributed by atoms with Crippen LogP contribution in [0.2, 0.25) is 0 Å². The smallest absolute Gasteiger partial charge is 0.268 e. The summed E-state index contributed by atoms with van der Waals surface area (Å²) in [7, 11) is 1.31. The van der Waals surface area contributed by atoms with E-state index in [0.29, 0.717) is 23.9 Å². The van der Waals surface area contributed by atoms with Crippen LogP contribution in [0.1, 0.15) is 187 Å². The fraction of sp³-hybridized carbons (Fsp3) is 0.974. The lowest BCUT2D eigenvalue weighted by molar-refractivity contribution is -0.870. The zero-order valence-electron chi connectivity index (χ0n) is 31.8. The molecule has 9 heteroatoms. The number of aliphatic hydroxyl groups excluding tert-OH is 1. The van der Waals surface area contributed by atoms with Gasteiger partial charge in [-0.05, 0) is 12.8 Å². The Morgan fingerprint density at radius 3 is 1.45 bits per heavy atom. The van der Waals surface area contributed by atoms with Crippen molar-refractivity contribution >= 4 is 13.7 Å². The van der Waals surface area contributed by atoms with Crippen LogP contribution in [-0.4, -0.2) is 68.5 Å². The number of quaternary nitrogens is 1. The summed E-state index contributed by atoms with van der Waals surface area (Å²) < 4.78 is 23.0. The van der Waals surface area contributed by atoms with Gasteiger partial charge in [0.2, 0.25) is 5.91 Å². The molecule has 0 fully saturated rings. The molecule has 0 radical (unpaired) electrons. The summed E-state index contributed by atoms with van der Waals surface area (Å²) >= 11 is 0. The molecule has 0 aliphatic carbocycles. The number of aliphatic hydroxyl groups is 1. The number of carbonyl (C=O) groups excluding carboxylic acids is 1. The van der Waals surface area contributed by atoms with Gasteiger partial charge in [-0.25, -0.2) is 0 Å². The molecular weight excluding hydrogens is 611 g/mol. The highest BCUT2D eigenvalue weighted by Crippen LogP contribution is 2.38. The molecule has 2 N–H and O–H groups in total. The van der Waals surface area contributed by atoms with E-state index in [1.54, 1.807) is 0 Å². The van der Waals surface area contributed by atoms with Crippen molar-refractivity contribution in [2.24, 2.45) is 0 Å². The number of nitrogens with zero attached hydrogens (tertiary/aromatic N) is 1. The van der Waals surface area contributed by atoms with Crippen molar-refractivity contribution in [3.05, 3.63) is 0 Å². The predicted molar refractivity (Wildman–Crippen MR) is 196 cm³/mol. The minimum atomic E-state index is -4.54. The van der Waals surface area contributed by atoms with Crippen LogP contribution in [0, 0.1) is 0 Å². The second kappa shape index (κ2) is 31.5. The van der Waals surface area contributed by atoms with Crippen LogP contribution in [0.15, 0.2) is 0 Å². The summed E-state index contributed by atoms with van der Waals surface area (Å²) in [5.74, 6) is -0.177. The number of rotatable bonds is 36.